The van der Waals surface area contributed by atoms with Gasteiger partial charge >= 0.3 is 0 Å². The smallest absolute Gasteiger partial charge is 0.240 e. The number of hydrogen-bond donors (Lipinski definition) is 1. The monoisotopic (exact) mass is 301 g/mol. The predicted molar refractivity (Wildman–Crippen MR) is 85.6 cm³/mol. The number of carbonyl (C=O) groups excluding carboxylic acids is 1. The molecule has 0 spiro atoms. The van der Waals surface area contributed by atoms with Gasteiger partial charge in [-0.2, -0.15) is 0 Å². The number of hydrogen-bond acceptors (Lipinski definition) is 3. The molecule has 0 radical (unpaired) electrons. The zero-order valence-electron chi connectivity index (χ0n) is 13.2. The van der Waals surface area contributed by atoms with E-state index in [9.17, 15) is 4.79 Å². The standard InChI is InChI=1S/C17H23N3O2/c1-3-12(2)19-16(21)11-20-14(15-7-5-9-22-15)10-13-6-4-8-18-17(13)20/h4,6,8,10,12,15H,3,5,7,9,11H2,1-2H3,(H,19,21)/t12?,15-/m1/s1. The molecule has 1 fully saturated rings. The molecule has 3 rings (SSSR count). The summed E-state index contributed by atoms with van der Waals surface area (Å²) in [5.74, 6) is 0.0248. The first-order valence-electron chi connectivity index (χ1n) is 8.04. The van der Waals surface area contributed by atoms with Crippen LogP contribution in [0, 0.1) is 0 Å². The van der Waals surface area contributed by atoms with E-state index in [0.717, 1.165) is 42.6 Å². The van der Waals surface area contributed by atoms with E-state index in [1.807, 2.05) is 23.6 Å². The van der Waals surface area contributed by atoms with E-state index in [1.165, 1.54) is 0 Å². The van der Waals surface area contributed by atoms with Crippen LogP contribution in [-0.4, -0.2) is 28.1 Å². The quantitative estimate of drug-likeness (QED) is 0.924. The molecular formula is C17H23N3O2. The van der Waals surface area contributed by atoms with Crippen LogP contribution < -0.4 is 5.32 Å². The van der Waals surface area contributed by atoms with Gasteiger partial charge in [0.1, 0.15) is 12.2 Å². The molecule has 2 atom stereocenters. The number of pyridine rings is 1. The van der Waals surface area contributed by atoms with Crippen molar-refractivity contribution in [3.05, 3.63) is 30.1 Å². The summed E-state index contributed by atoms with van der Waals surface area (Å²) >= 11 is 0. The highest BCUT2D eigenvalue weighted by molar-refractivity contribution is 5.82. The van der Waals surface area contributed by atoms with Crippen molar-refractivity contribution in [2.45, 2.75) is 51.8 Å². The number of nitrogens with one attached hydrogen (secondary N) is 1. The second kappa shape index (κ2) is 6.48. The summed E-state index contributed by atoms with van der Waals surface area (Å²) in [6.45, 7) is 5.17. The molecule has 2 aromatic rings. The third kappa shape index (κ3) is 2.99. The molecule has 22 heavy (non-hydrogen) atoms. The summed E-state index contributed by atoms with van der Waals surface area (Å²) in [5.41, 5.74) is 1.91. The molecule has 118 valence electrons. The molecule has 3 heterocycles. The van der Waals surface area contributed by atoms with Gasteiger partial charge < -0.3 is 14.6 Å². The van der Waals surface area contributed by atoms with E-state index in [2.05, 4.69) is 23.3 Å². The Morgan fingerprint density at radius 3 is 3.18 bits per heavy atom. The Morgan fingerprint density at radius 1 is 1.59 bits per heavy atom. The van der Waals surface area contributed by atoms with E-state index in [4.69, 9.17) is 4.74 Å². The second-order valence-electron chi connectivity index (χ2n) is 5.95. The third-order valence-electron chi connectivity index (χ3n) is 4.27. The van der Waals surface area contributed by atoms with Crippen LogP contribution in [0.4, 0.5) is 0 Å². The Kier molecular flexibility index (Phi) is 4.43. The number of rotatable bonds is 5. The molecule has 1 amide bonds. The molecular weight excluding hydrogens is 278 g/mol. The zero-order valence-corrected chi connectivity index (χ0v) is 13.2. The Hall–Kier alpha value is -1.88. The van der Waals surface area contributed by atoms with E-state index in [0.29, 0.717) is 6.54 Å². The number of nitrogens with zero attached hydrogens (tertiary/aromatic N) is 2. The van der Waals surface area contributed by atoms with Gasteiger partial charge in [0.25, 0.3) is 0 Å². The lowest BCUT2D eigenvalue weighted by molar-refractivity contribution is -0.122. The minimum atomic E-state index is 0.0248. The van der Waals surface area contributed by atoms with Gasteiger partial charge in [0.2, 0.25) is 5.91 Å². The summed E-state index contributed by atoms with van der Waals surface area (Å²) in [7, 11) is 0. The van der Waals surface area contributed by atoms with Gasteiger partial charge in [0.05, 0.1) is 6.10 Å². The molecule has 1 saturated heterocycles. The van der Waals surface area contributed by atoms with E-state index < -0.39 is 0 Å². The van der Waals surface area contributed by atoms with Crippen LogP contribution in [0.2, 0.25) is 0 Å². The van der Waals surface area contributed by atoms with Crippen molar-refractivity contribution in [2.75, 3.05) is 6.61 Å². The van der Waals surface area contributed by atoms with E-state index in [1.54, 1.807) is 6.20 Å². The van der Waals surface area contributed by atoms with Crippen LogP contribution in [0.3, 0.4) is 0 Å². The molecule has 0 aliphatic carbocycles. The van der Waals surface area contributed by atoms with Crippen molar-refractivity contribution in [3.63, 3.8) is 0 Å². The van der Waals surface area contributed by atoms with Crippen LogP contribution in [0.15, 0.2) is 24.4 Å². The molecule has 1 aliphatic rings. The van der Waals surface area contributed by atoms with E-state index in [-0.39, 0.29) is 18.1 Å². The maximum absolute atomic E-state index is 12.3. The average Bonchev–Trinajstić information content (AvgIpc) is 3.15. The normalized spacial score (nSPS) is 19.5. The maximum Gasteiger partial charge on any atom is 0.240 e. The van der Waals surface area contributed by atoms with Gasteiger partial charge in [-0.25, -0.2) is 4.98 Å². The first kappa shape index (κ1) is 15.0. The molecule has 2 aromatic heterocycles. The zero-order chi connectivity index (χ0) is 15.5. The summed E-state index contributed by atoms with van der Waals surface area (Å²) in [5, 5.41) is 4.08. The van der Waals surface area contributed by atoms with Gasteiger partial charge in [-0.1, -0.05) is 6.92 Å². The van der Waals surface area contributed by atoms with Crippen molar-refractivity contribution in [1.82, 2.24) is 14.9 Å². The van der Waals surface area contributed by atoms with Crippen molar-refractivity contribution in [2.24, 2.45) is 0 Å². The fourth-order valence-electron chi connectivity index (χ4n) is 2.92. The lowest BCUT2D eigenvalue weighted by atomic mass is 10.2. The molecule has 1 N–H and O–H groups in total. The van der Waals surface area contributed by atoms with Gasteiger partial charge in [-0.3, -0.25) is 4.79 Å². The topological polar surface area (TPSA) is 56.2 Å². The van der Waals surface area contributed by atoms with Crippen LogP contribution in [0.25, 0.3) is 11.0 Å². The number of aromatic nitrogens is 2. The highest BCUT2D eigenvalue weighted by atomic mass is 16.5. The summed E-state index contributed by atoms with van der Waals surface area (Å²) in [6.07, 6.45) is 4.84. The van der Waals surface area contributed by atoms with Crippen LogP contribution >= 0.6 is 0 Å². The SMILES string of the molecule is CCC(C)NC(=O)Cn1c([C@H]2CCCO2)cc2cccnc21. The van der Waals surface area contributed by atoms with Crippen molar-refractivity contribution in [1.29, 1.82) is 0 Å². The maximum atomic E-state index is 12.3. The molecule has 1 unspecified atom stereocenters. The van der Waals surface area contributed by atoms with E-state index >= 15 is 0 Å². The number of fused-ring (bicyclic) bond motifs is 1. The molecule has 0 aromatic carbocycles. The van der Waals surface area contributed by atoms with Crippen LogP contribution in [-0.2, 0) is 16.1 Å². The number of amides is 1. The largest absolute Gasteiger partial charge is 0.372 e. The number of carbonyl (C=O) groups is 1. The average molecular weight is 301 g/mol. The molecule has 5 heteroatoms. The Morgan fingerprint density at radius 2 is 2.45 bits per heavy atom. The first-order chi connectivity index (χ1) is 10.7. The lowest BCUT2D eigenvalue weighted by Crippen LogP contribution is -2.35. The highest BCUT2D eigenvalue weighted by Gasteiger charge is 2.24. The second-order valence-corrected chi connectivity index (χ2v) is 5.95. The van der Waals surface area contributed by atoms with Crippen molar-refractivity contribution >= 4 is 16.9 Å². The Labute approximate surface area is 130 Å². The fraction of sp³-hybridized carbons (Fsp3) is 0.529. The fourth-order valence-corrected chi connectivity index (χ4v) is 2.92. The minimum Gasteiger partial charge on any atom is -0.372 e. The summed E-state index contributed by atoms with van der Waals surface area (Å²) in [6, 6.07) is 6.25. The Balaban J connectivity index is 1.91. The summed E-state index contributed by atoms with van der Waals surface area (Å²) < 4.78 is 7.82. The van der Waals surface area contributed by atoms with Crippen molar-refractivity contribution < 1.29 is 9.53 Å². The van der Waals surface area contributed by atoms with Crippen LogP contribution in [0.5, 0.6) is 0 Å². The molecule has 5 nitrogen and oxygen atoms in total. The predicted octanol–water partition coefficient (Wildman–Crippen LogP) is 2.80. The minimum absolute atomic E-state index is 0.0248. The molecule has 1 aliphatic heterocycles. The third-order valence-corrected chi connectivity index (χ3v) is 4.27. The van der Waals surface area contributed by atoms with Gasteiger partial charge in [0, 0.05) is 29.9 Å². The number of ether oxygens (including phenoxy) is 1. The molecule has 0 bridgehead atoms. The van der Waals surface area contributed by atoms with Crippen LogP contribution in [0.1, 0.15) is 44.9 Å². The lowest BCUT2D eigenvalue weighted by Gasteiger charge is -2.16. The highest BCUT2D eigenvalue weighted by Crippen LogP contribution is 2.32. The summed E-state index contributed by atoms with van der Waals surface area (Å²) in [4.78, 5) is 16.7. The van der Waals surface area contributed by atoms with Gasteiger partial charge in [0.15, 0.2) is 0 Å². The van der Waals surface area contributed by atoms with Crippen molar-refractivity contribution in [3.8, 4) is 0 Å². The van der Waals surface area contributed by atoms with Gasteiger partial charge in [-0.15, -0.1) is 0 Å². The molecule has 0 saturated carbocycles. The first-order valence-corrected chi connectivity index (χ1v) is 8.04. The van der Waals surface area contributed by atoms with Gasteiger partial charge in [-0.05, 0) is 44.4 Å². The Bertz CT molecular complexity index is 659.